The van der Waals surface area contributed by atoms with E-state index in [1.807, 2.05) is 26.1 Å². The van der Waals surface area contributed by atoms with Crippen LogP contribution < -0.4 is 15.0 Å². The summed E-state index contributed by atoms with van der Waals surface area (Å²) < 4.78 is 9.85. The van der Waals surface area contributed by atoms with Crippen LogP contribution in [0.2, 0.25) is 0 Å². The lowest BCUT2D eigenvalue weighted by atomic mass is 10.2. The van der Waals surface area contributed by atoms with Gasteiger partial charge in [0.15, 0.2) is 5.96 Å². The van der Waals surface area contributed by atoms with E-state index in [-0.39, 0.29) is 0 Å². The fourth-order valence-corrected chi connectivity index (χ4v) is 3.73. The van der Waals surface area contributed by atoms with Gasteiger partial charge in [-0.05, 0) is 18.6 Å². The van der Waals surface area contributed by atoms with Crippen LogP contribution in [0.15, 0.2) is 23.3 Å². The normalized spacial score (nSPS) is 15.1. The largest absolute Gasteiger partial charge is 0.478 e. The van der Waals surface area contributed by atoms with Gasteiger partial charge in [0.25, 0.3) is 0 Å². The van der Waals surface area contributed by atoms with Gasteiger partial charge in [0.05, 0.1) is 6.61 Å². The fourth-order valence-electron chi connectivity index (χ4n) is 2.93. The maximum atomic E-state index is 5.46. The number of aromatic nitrogens is 3. The Morgan fingerprint density at radius 1 is 1.30 bits per heavy atom. The van der Waals surface area contributed by atoms with E-state index in [4.69, 9.17) is 4.74 Å². The van der Waals surface area contributed by atoms with Gasteiger partial charge in [-0.2, -0.15) is 4.37 Å². The number of hydrogen-bond donors (Lipinski definition) is 1. The first-order valence-electron chi connectivity index (χ1n) is 9.34. The number of ether oxygens (including phenoxy) is 1. The maximum absolute atomic E-state index is 5.46. The Balaban J connectivity index is 1.52. The number of nitrogens with one attached hydrogen (secondary N) is 1. The lowest BCUT2D eigenvalue weighted by molar-refractivity contribution is 0.326. The molecule has 9 heteroatoms. The summed E-state index contributed by atoms with van der Waals surface area (Å²) in [6.07, 6.45) is 2.66. The minimum atomic E-state index is 0.615. The molecule has 0 unspecified atom stereocenters. The van der Waals surface area contributed by atoms with Crippen molar-refractivity contribution in [2.45, 2.75) is 26.8 Å². The zero-order valence-corrected chi connectivity index (χ0v) is 17.0. The first kappa shape index (κ1) is 19.3. The number of aryl methyl sites for hydroxylation is 1. The molecule has 0 spiro atoms. The van der Waals surface area contributed by atoms with Gasteiger partial charge in [-0.15, -0.1) is 0 Å². The van der Waals surface area contributed by atoms with Crippen LogP contribution in [0.5, 0.6) is 5.88 Å². The average molecular weight is 390 g/mol. The van der Waals surface area contributed by atoms with Crippen LogP contribution in [0.25, 0.3) is 0 Å². The summed E-state index contributed by atoms with van der Waals surface area (Å²) in [6, 6.07) is 3.95. The molecule has 8 nitrogen and oxygen atoms in total. The standard InChI is InChI=1S/C18H27N7OS/c1-4-15-22-18(27-23-15)25-10-8-24(9-11-25)17(19-3)21-13-14-6-7-20-16(12-14)26-5-2/h6-7,12H,4-5,8-11,13H2,1-3H3,(H,19,21). The molecule has 0 bridgehead atoms. The first-order valence-corrected chi connectivity index (χ1v) is 10.1. The highest BCUT2D eigenvalue weighted by molar-refractivity contribution is 7.09. The van der Waals surface area contributed by atoms with Gasteiger partial charge in [0.1, 0.15) is 5.82 Å². The van der Waals surface area contributed by atoms with E-state index in [2.05, 4.69) is 41.4 Å². The summed E-state index contributed by atoms with van der Waals surface area (Å²) in [5.41, 5.74) is 1.12. The molecule has 1 saturated heterocycles. The molecule has 3 rings (SSSR count). The number of rotatable bonds is 6. The van der Waals surface area contributed by atoms with Crippen molar-refractivity contribution in [3.63, 3.8) is 0 Å². The van der Waals surface area contributed by atoms with Crippen LogP contribution in [0.1, 0.15) is 25.2 Å². The van der Waals surface area contributed by atoms with E-state index in [9.17, 15) is 0 Å². The molecular weight excluding hydrogens is 362 g/mol. The highest BCUT2D eigenvalue weighted by atomic mass is 32.1. The monoisotopic (exact) mass is 389 g/mol. The summed E-state index contributed by atoms with van der Waals surface area (Å²) in [4.78, 5) is 17.8. The van der Waals surface area contributed by atoms with Crippen LogP contribution in [0.4, 0.5) is 5.13 Å². The molecule has 0 radical (unpaired) electrons. The minimum absolute atomic E-state index is 0.615. The highest BCUT2D eigenvalue weighted by Crippen LogP contribution is 2.19. The number of aliphatic imine (C=N–C) groups is 1. The number of nitrogens with zero attached hydrogens (tertiary/aromatic N) is 6. The van der Waals surface area contributed by atoms with Crippen molar-refractivity contribution in [2.75, 3.05) is 44.7 Å². The summed E-state index contributed by atoms with van der Waals surface area (Å²) in [7, 11) is 1.82. The third-order valence-electron chi connectivity index (χ3n) is 4.38. The molecule has 1 fully saturated rings. The van der Waals surface area contributed by atoms with E-state index in [1.54, 1.807) is 6.20 Å². The quantitative estimate of drug-likeness (QED) is 0.596. The molecule has 0 aromatic carbocycles. The predicted molar refractivity (Wildman–Crippen MR) is 109 cm³/mol. The van der Waals surface area contributed by atoms with Crippen LogP contribution in [0.3, 0.4) is 0 Å². The SMILES string of the molecule is CCOc1cc(CNC(=NC)N2CCN(c3nc(CC)ns3)CC2)ccn1. The molecule has 2 aromatic heterocycles. The summed E-state index contributed by atoms with van der Waals surface area (Å²) >= 11 is 1.49. The number of hydrogen-bond acceptors (Lipinski definition) is 7. The van der Waals surface area contributed by atoms with E-state index < -0.39 is 0 Å². The number of pyridine rings is 1. The van der Waals surface area contributed by atoms with Gasteiger partial charge < -0.3 is 19.9 Å². The van der Waals surface area contributed by atoms with Gasteiger partial charge in [-0.25, -0.2) is 9.97 Å². The average Bonchev–Trinajstić information content (AvgIpc) is 3.19. The second-order valence-corrected chi connectivity index (χ2v) is 6.89. The molecule has 1 aliphatic heterocycles. The second-order valence-electron chi connectivity index (χ2n) is 6.16. The third-order valence-corrected chi connectivity index (χ3v) is 5.19. The van der Waals surface area contributed by atoms with Gasteiger partial charge in [0.2, 0.25) is 11.0 Å². The van der Waals surface area contributed by atoms with Crippen molar-refractivity contribution >= 4 is 22.6 Å². The lowest BCUT2D eigenvalue weighted by Gasteiger charge is -2.36. The summed E-state index contributed by atoms with van der Waals surface area (Å²) in [5, 5.41) is 4.46. The molecule has 3 heterocycles. The highest BCUT2D eigenvalue weighted by Gasteiger charge is 2.22. The molecule has 0 saturated carbocycles. The van der Waals surface area contributed by atoms with Crippen molar-refractivity contribution < 1.29 is 4.74 Å². The van der Waals surface area contributed by atoms with Crippen LogP contribution in [-0.2, 0) is 13.0 Å². The van der Waals surface area contributed by atoms with E-state index in [1.165, 1.54) is 11.5 Å². The van der Waals surface area contributed by atoms with E-state index in [0.717, 1.165) is 55.1 Å². The summed E-state index contributed by atoms with van der Waals surface area (Å²) in [6.45, 7) is 8.99. The van der Waals surface area contributed by atoms with Gasteiger partial charge >= 0.3 is 0 Å². The van der Waals surface area contributed by atoms with Crippen molar-refractivity contribution in [2.24, 2.45) is 4.99 Å². The topological polar surface area (TPSA) is 78.8 Å². The molecule has 0 atom stereocenters. The Bertz CT molecular complexity index is 756. The van der Waals surface area contributed by atoms with E-state index in [0.29, 0.717) is 19.0 Å². The van der Waals surface area contributed by atoms with Crippen LogP contribution >= 0.6 is 11.5 Å². The van der Waals surface area contributed by atoms with Crippen molar-refractivity contribution in [3.05, 3.63) is 29.7 Å². The van der Waals surface area contributed by atoms with Gasteiger partial charge in [0, 0.05) is 70.0 Å². The fraction of sp³-hybridized carbons (Fsp3) is 0.556. The van der Waals surface area contributed by atoms with Crippen molar-refractivity contribution in [3.8, 4) is 5.88 Å². The van der Waals surface area contributed by atoms with Crippen LogP contribution in [-0.4, -0.2) is 65.0 Å². The second kappa shape index (κ2) is 9.50. The molecular formula is C18H27N7OS. The molecule has 1 N–H and O–H groups in total. The van der Waals surface area contributed by atoms with Crippen molar-refractivity contribution in [1.29, 1.82) is 0 Å². The Labute approximate surface area is 164 Å². The molecule has 0 amide bonds. The molecule has 0 aliphatic carbocycles. The van der Waals surface area contributed by atoms with Gasteiger partial charge in [-0.1, -0.05) is 6.92 Å². The zero-order chi connectivity index (χ0) is 19.1. The molecule has 1 aliphatic rings. The Kier molecular flexibility index (Phi) is 6.80. The number of anilines is 1. The van der Waals surface area contributed by atoms with Crippen molar-refractivity contribution in [1.82, 2.24) is 24.6 Å². The molecule has 2 aromatic rings. The zero-order valence-electron chi connectivity index (χ0n) is 16.2. The minimum Gasteiger partial charge on any atom is -0.478 e. The lowest BCUT2D eigenvalue weighted by Crippen LogP contribution is -2.52. The van der Waals surface area contributed by atoms with Gasteiger partial charge in [-0.3, -0.25) is 4.99 Å². The van der Waals surface area contributed by atoms with Crippen LogP contribution in [0, 0.1) is 0 Å². The Morgan fingerprint density at radius 2 is 2.11 bits per heavy atom. The number of guanidine groups is 1. The molecule has 146 valence electrons. The predicted octanol–water partition coefficient (Wildman–Crippen LogP) is 1.79. The van der Waals surface area contributed by atoms with E-state index >= 15 is 0 Å². The summed E-state index contributed by atoms with van der Waals surface area (Å²) in [5.74, 6) is 2.50. The Morgan fingerprint density at radius 3 is 2.78 bits per heavy atom. The third kappa shape index (κ3) is 5.06. The Hall–Kier alpha value is -2.42. The first-order chi connectivity index (χ1) is 13.2. The number of piperazine rings is 1. The maximum Gasteiger partial charge on any atom is 0.213 e. The smallest absolute Gasteiger partial charge is 0.213 e. The molecule has 27 heavy (non-hydrogen) atoms.